The number of hydrogen-bond acceptors (Lipinski definition) is 11. The van der Waals surface area contributed by atoms with Crippen LogP contribution in [-0.2, 0) is 38.7 Å². The summed E-state index contributed by atoms with van der Waals surface area (Å²) in [7, 11) is 0. The Morgan fingerprint density at radius 1 is 0.881 bits per heavy atom. The van der Waals surface area contributed by atoms with Gasteiger partial charge in [-0.15, -0.1) is 11.3 Å². The van der Waals surface area contributed by atoms with Gasteiger partial charge in [-0.3, -0.25) is 39.5 Å². The lowest BCUT2D eigenvalue weighted by Gasteiger charge is -2.38. The number of benzene rings is 3. The van der Waals surface area contributed by atoms with E-state index in [-0.39, 0.29) is 53.9 Å². The number of alkyl halides is 2. The van der Waals surface area contributed by atoms with Crippen LogP contribution in [0, 0.1) is 5.82 Å². The lowest BCUT2D eigenvalue weighted by atomic mass is 9.86. The number of imidazole rings is 1. The van der Waals surface area contributed by atoms with Crippen LogP contribution in [0.25, 0.3) is 11.1 Å². The predicted octanol–water partition coefficient (Wildman–Crippen LogP) is 6.11. The van der Waals surface area contributed by atoms with Gasteiger partial charge in [0.1, 0.15) is 11.9 Å². The first-order chi connectivity index (χ1) is 32.5. The van der Waals surface area contributed by atoms with Crippen molar-refractivity contribution in [1.29, 1.82) is 0 Å². The fraction of sp³-hybridized carbons (Fsp3) is 0.396. The van der Waals surface area contributed by atoms with E-state index < -0.39 is 42.0 Å². The van der Waals surface area contributed by atoms with E-state index in [2.05, 4.69) is 35.7 Å². The summed E-state index contributed by atoms with van der Waals surface area (Å²) in [4.78, 5) is 81.5. The Hall–Kier alpha value is -6.60. The third-order valence-corrected chi connectivity index (χ3v) is 14.5. The number of aryl methyl sites for hydroxylation is 1. The second kappa shape index (κ2) is 18.6. The van der Waals surface area contributed by atoms with Crippen LogP contribution in [0.3, 0.4) is 0 Å². The van der Waals surface area contributed by atoms with Gasteiger partial charge in [0.15, 0.2) is 11.2 Å². The number of thiazole rings is 1. The highest BCUT2D eigenvalue weighted by molar-refractivity contribution is 7.13. The first kappa shape index (κ1) is 44.2. The number of aromatic nitrogens is 3. The minimum atomic E-state index is -2.70. The average Bonchev–Trinajstić information content (AvgIpc) is 4.16. The fourth-order valence-electron chi connectivity index (χ4n) is 10.2. The first-order valence-corrected chi connectivity index (χ1v) is 23.6. The van der Waals surface area contributed by atoms with E-state index >= 15 is 4.39 Å². The zero-order chi connectivity index (χ0) is 46.3. The second-order valence-corrected chi connectivity index (χ2v) is 18.7. The van der Waals surface area contributed by atoms with Crippen LogP contribution in [0.1, 0.15) is 88.9 Å². The van der Waals surface area contributed by atoms with Crippen LogP contribution < -0.4 is 20.9 Å². The van der Waals surface area contributed by atoms with Crippen molar-refractivity contribution in [1.82, 2.24) is 34.6 Å². The monoisotopic (exact) mass is 934 g/mol. The van der Waals surface area contributed by atoms with Gasteiger partial charge in [0.25, 0.3) is 18.2 Å². The minimum Gasteiger partial charge on any atom is -0.374 e. The summed E-state index contributed by atoms with van der Waals surface area (Å²) in [6.07, 6.45) is 3.94. The van der Waals surface area contributed by atoms with Crippen molar-refractivity contribution in [3.8, 4) is 11.1 Å². The summed E-state index contributed by atoms with van der Waals surface area (Å²) >= 11 is 1.26. The number of hydrogen-bond donors (Lipinski definition) is 3. The molecule has 5 aliphatic rings. The molecule has 10 rings (SSSR count). The molecule has 0 saturated carbocycles. The highest BCUT2D eigenvalue weighted by atomic mass is 32.1. The molecule has 0 aliphatic carbocycles. The Kier molecular flexibility index (Phi) is 12.3. The Bertz CT molecular complexity index is 2720. The topological polar surface area (TPSA) is 165 Å². The maximum atomic E-state index is 16.0. The third-order valence-electron chi connectivity index (χ3n) is 13.8. The van der Waals surface area contributed by atoms with Gasteiger partial charge < -0.3 is 24.6 Å². The van der Waals surface area contributed by atoms with E-state index in [1.54, 1.807) is 36.1 Å². The molecule has 15 nitrogen and oxygen atoms in total. The van der Waals surface area contributed by atoms with Crippen molar-refractivity contribution in [2.45, 2.75) is 76.0 Å². The highest BCUT2D eigenvalue weighted by Crippen LogP contribution is 2.39. The number of rotatable bonds is 12. The number of piperidine rings is 2. The van der Waals surface area contributed by atoms with E-state index in [4.69, 9.17) is 0 Å². The molecular formula is C48H49F3N10O5S. The van der Waals surface area contributed by atoms with E-state index in [9.17, 15) is 32.8 Å². The van der Waals surface area contributed by atoms with Gasteiger partial charge in [0, 0.05) is 84.5 Å². The quantitative estimate of drug-likeness (QED) is 0.124. The summed E-state index contributed by atoms with van der Waals surface area (Å²) in [5, 5.41) is 10.2. The Labute approximate surface area is 388 Å². The highest BCUT2D eigenvalue weighted by Gasteiger charge is 2.42. The number of carbonyl (C=O) groups is 5. The molecule has 3 fully saturated rings. The summed E-state index contributed by atoms with van der Waals surface area (Å²) in [6, 6.07) is 13.9. The van der Waals surface area contributed by atoms with Crippen molar-refractivity contribution < 1.29 is 37.1 Å². The number of amides is 5. The molecule has 348 valence electrons. The third kappa shape index (κ3) is 9.01. The van der Waals surface area contributed by atoms with Crippen LogP contribution >= 0.6 is 11.3 Å². The zero-order valence-electron chi connectivity index (χ0n) is 36.6. The molecule has 2 unspecified atom stereocenters. The molecule has 2 aromatic heterocycles. The molecule has 0 bridgehead atoms. The van der Waals surface area contributed by atoms with Crippen LogP contribution in [0.4, 0.5) is 29.7 Å². The molecule has 3 aromatic carbocycles. The smallest absolute Gasteiger partial charge is 0.264 e. The molecule has 5 aromatic rings. The molecule has 0 radical (unpaired) electrons. The number of halogens is 3. The van der Waals surface area contributed by atoms with Gasteiger partial charge in [-0.25, -0.2) is 23.1 Å². The van der Waals surface area contributed by atoms with Gasteiger partial charge in [-0.05, 0) is 104 Å². The molecule has 3 N–H and O–H groups in total. The number of nitrogens with one attached hydrogen (secondary N) is 3. The number of fused-ring (bicyclic) bond motifs is 2. The largest absolute Gasteiger partial charge is 0.374 e. The van der Waals surface area contributed by atoms with Crippen LogP contribution in [0.2, 0.25) is 0 Å². The van der Waals surface area contributed by atoms with Gasteiger partial charge in [-0.2, -0.15) is 0 Å². The molecule has 0 spiro atoms. The van der Waals surface area contributed by atoms with Crippen molar-refractivity contribution in [2.75, 3.05) is 61.3 Å². The van der Waals surface area contributed by atoms with Gasteiger partial charge in [0.2, 0.25) is 17.7 Å². The number of imide groups is 1. The lowest BCUT2D eigenvalue weighted by Crippen LogP contribution is -2.51. The Morgan fingerprint density at radius 3 is 2.40 bits per heavy atom. The maximum absolute atomic E-state index is 16.0. The number of nitrogens with zero attached hydrogens (tertiary/aromatic N) is 7. The van der Waals surface area contributed by atoms with Crippen molar-refractivity contribution >= 4 is 57.4 Å². The average molecular weight is 935 g/mol. The Balaban J connectivity index is 0.731. The van der Waals surface area contributed by atoms with E-state index in [1.807, 2.05) is 33.7 Å². The van der Waals surface area contributed by atoms with E-state index in [0.717, 1.165) is 36.3 Å². The van der Waals surface area contributed by atoms with E-state index in [1.165, 1.54) is 28.4 Å². The van der Waals surface area contributed by atoms with Gasteiger partial charge >= 0.3 is 0 Å². The number of piperazine rings is 1. The standard InChI is InChI=1S/C48H49F3N10O5S/c49-37-23-30(22-35-36(37)25-61(47(35)66)43(46(65)56-48-52-13-21-67-48)42-39-2-1-14-60(39)27-53-42)28-3-6-32(7-4-28)58-17-19-59(20-18-58)41(63)26-57-15-11-29(12-16-57)33-8-5-31(24-34(33)44(50)51)54-38-9-10-40(62)55-45(38)64/h3-8,13,21-24,27,29,38,43-44,54H,1-2,9-12,14-20,25-26H2,(H,52,56,65)(H,55,62,64). The predicted molar refractivity (Wildman–Crippen MR) is 244 cm³/mol. The molecule has 2 atom stereocenters. The van der Waals surface area contributed by atoms with Gasteiger partial charge in [-0.1, -0.05) is 18.2 Å². The van der Waals surface area contributed by atoms with Crippen molar-refractivity contribution in [3.05, 3.63) is 112 Å². The number of likely N-dealkylation sites (tertiary alicyclic amines) is 1. The maximum Gasteiger partial charge on any atom is 0.264 e. The normalized spacial score (nSPS) is 19.4. The van der Waals surface area contributed by atoms with Crippen molar-refractivity contribution in [2.24, 2.45) is 0 Å². The lowest BCUT2D eigenvalue weighted by molar-refractivity contribution is -0.134. The molecule has 7 heterocycles. The first-order valence-electron chi connectivity index (χ1n) is 22.7. The second-order valence-electron chi connectivity index (χ2n) is 17.8. The summed E-state index contributed by atoms with van der Waals surface area (Å²) < 4.78 is 46.6. The summed E-state index contributed by atoms with van der Waals surface area (Å²) in [5.41, 5.74) is 4.95. The molecule has 19 heteroatoms. The SMILES string of the molecule is O=C1CCC(Nc2ccc(C3CCN(CC(=O)N4CCN(c5ccc(-c6cc(F)c7c(c6)C(=O)N(C(C(=O)Nc6nccs6)c6ncn8c6CCC8)C7)cc5)CC4)CC3)c(C(F)F)c2)C(=O)N1. The Morgan fingerprint density at radius 2 is 1.67 bits per heavy atom. The molecule has 5 amide bonds. The molecule has 67 heavy (non-hydrogen) atoms. The molecule has 3 saturated heterocycles. The number of anilines is 3. The molecule has 5 aliphatic heterocycles. The van der Waals surface area contributed by atoms with Crippen LogP contribution in [0.15, 0.2) is 72.5 Å². The minimum absolute atomic E-state index is 0.0256. The summed E-state index contributed by atoms with van der Waals surface area (Å²) in [5.74, 6) is -2.31. The fourth-order valence-corrected chi connectivity index (χ4v) is 10.7. The van der Waals surface area contributed by atoms with Crippen molar-refractivity contribution in [3.63, 3.8) is 0 Å². The zero-order valence-corrected chi connectivity index (χ0v) is 37.4. The van der Waals surface area contributed by atoms with E-state index in [0.29, 0.717) is 86.2 Å². The van der Waals surface area contributed by atoms with Gasteiger partial charge in [0.05, 0.1) is 25.1 Å². The summed E-state index contributed by atoms with van der Waals surface area (Å²) in [6.45, 7) is 4.45. The molecular weight excluding hydrogens is 886 g/mol. The van der Waals surface area contributed by atoms with Crippen LogP contribution in [-0.4, -0.2) is 111 Å². The number of carbonyl (C=O) groups excluding carboxylic acids is 5. The van der Waals surface area contributed by atoms with Crippen LogP contribution in [0.5, 0.6) is 0 Å².